The van der Waals surface area contributed by atoms with Crippen LogP contribution in [0.1, 0.15) is 0 Å². The summed E-state index contributed by atoms with van der Waals surface area (Å²) in [5, 5.41) is 24.2. The molecule has 36 heavy (non-hydrogen) atoms. The molecule has 0 aliphatic rings. The Bertz CT molecular complexity index is 1910. The lowest BCUT2D eigenvalue weighted by molar-refractivity contribution is 0.478. The molecule has 0 saturated heterocycles. The molecule has 0 aliphatic heterocycles. The molecule has 4 N–H and O–H groups in total. The maximum Gasteiger partial charge on any atom is 0.295 e. The molecule has 0 unspecified atom stereocenters. The van der Waals surface area contributed by atoms with E-state index in [1.807, 2.05) is 48.5 Å². The Morgan fingerprint density at radius 3 is 2.19 bits per heavy atom. The van der Waals surface area contributed by atoms with Crippen molar-refractivity contribution in [3.05, 3.63) is 84.9 Å². The number of hydrogen-bond acceptors (Lipinski definition) is 5. The number of aromatic hydroxyl groups is 2. The molecule has 1 aromatic heterocycles. The number of H-pyrrole nitrogens is 1. The third kappa shape index (κ3) is 3.63. The van der Waals surface area contributed by atoms with Gasteiger partial charge in [-0.15, -0.1) is 12.4 Å². The molecule has 0 atom stereocenters. The van der Waals surface area contributed by atoms with Crippen LogP contribution in [0.3, 0.4) is 0 Å². The number of phenolic OH excluding ortho intramolecular Hbond substituents is 2. The van der Waals surface area contributed by atoms with Crippen molar-refractivity contribution in [1.82, 2.24) is 9.97 Å². The molecular formula is C27H19ClN2O5S. The van der Waals surface area contributed by atoms with E-state index in [0.717, 1.165) is 16.3 Å². The standard InChI is InChI=1S/C27H18N2O5S.ClH/c30-22-13-5-11-19-23(35(32,33)34)14-21-25(24(19)22)29-27(28-21)20-12-4-10-18(26(20)31)17-9-3-7-15-6-1-2-8-16(15)17;/h1-14,30-31H,(H,28,29)(H,32,33,34);1H. The van der Waals surface area contributed by atoms with Gasteiger partial charge in [0.15, 0.2) is 0 Å². The lowest BCUT2D eigenvalue weighted by atomic mass is 9.96. The Labute approximate surface area is 211 Å². The lowest BCUT2D eigenvalue weighted by Gasteiger charge is -2.11. The van der Waals surface area contributed by atoms with E-state index in [0.29, 0.717) is 16.6 Å². The molecule has 0 amide bonds. The molecule has 9 heteroatoms. The minimum atomic E-state index is -4.57. The van der Waals surface area contributed by atoms with Crippen molar-refractivity contribution >= 4 is 55.1 Å². The summed E-state index contributed by atoms with van der Waals surface area (Å²) >= 11 is 0. The zero-order valence-electron chi connectivity index (χ0n) is 18.5. The highest BCUT2D eigenvalue weighted by Crippen LogP contribution is 2.42. The zero-order valence-corrected chi connectivity index (χ0v) is 20.1. The van der Waals surface area contributed by atoms with Crippen LogP contribution in [0, 0.1) is 0 Å². The molecular weight excluding hydrogens is 500 g/mol. The van der Waals surface area contributed by atoms with E-state index in [1.54, 1.807) is 12.1 Å². The van der Waals surface area contributed by atoms with Gasteiger partial charge in [0.25, 0.3) is 10.1 Å². The minimum Gasteiger partial charge on any atom is -0.507 e. The second kappa shape index (κ2) is 8.53. The number of halogens is 1. The molecule has 0 aliphatic carbocycles. The number of aromatic nitrogens is 2. The van der Waals surface area contributed by atoms with Crippen LogP contribution < -0.4 is 0 Å². The Kier molecular flexibility index (Phi) is 5.60. The van der Waals surface area contributed by atoms with Crippen LogP contribution in [0.5, 0.6) is 11.5 Å². The van der Waals surface area contributed by atoms with E-state index < -0.39 is 10.1 Å². The fraction of sp³-hybridized carbons (Fsp3) is 0. The predicted molar refractivity (Wildman–Crippen MR) is 142 cm³/mol. The molecule has 0 saturated carbocycles. The van der Waals surface area contributed by atoms with E-state index in [2.05, 4.69) is 9.97 Å². The van der Waals surface area contributed by atoms with Gasteiger partial charge in [-0.05, 0) is 34.5 Å². The van der Waals surface area contributed by atoms with Crippen molar-refractivity contribution in [2.75, 3.05) is 0 Å². The monoisotopic (exact) mass is 518 g/mol. The number of rotatable bonds is 3. The first kappa shape index (κ1) is 23.6. The van der Waals surface area contributed by atoms with Gasteiger partial charge in [-0.3, -0.25) is 4.55 Å². The first-order valence-corrected chi connectivity index (χ1v) is 12.2. The third-order valence-corrected chi connectivity index (χ3v) is 7.09. The molecule has 6 aromatic rings. The summed E-state index contributed by atoms with van der Waals surface area (Å²) in [6.45, 7) is 0. The number of benzene rings is 5. The second-order valence-corrected chi connectivity index (χ2v) is 9.65. The number of nitrogens with one attached hydrogen (secondary N) is 1. The Balaban J connectivity index is 0.00000267. The highest BCUT2D eigenvalue weighted by atomic mass is 35.5. The summed E-state index contributed by atoms with van der Waals surface area (Å²) in [6, 6.07) is 24.8. The van der Waals surface area contributed by atoms with Crippen molar-refractivity contribution in [3.8, 4) is 34.0 Å². The van der Waals surface area contributed by atoms with Gasteiger partial charge in [0.2, 0.25) is 0 Å². The fourth-order valence-corrected chi connectivity index (χ4v) is 5.35. The summed E-state index contributed by atoms with van der Waals surface area (Å²) in [6.07, 6.45) is 0. The van der Waals surface area contributed by atoms with E-state index in [1.165, 1.54) is 24.3 Å². The first-order chi connectivity index (χ1) is 16.8. The normalized spacial score (nSPS) is 11.7. The molecule has 0 bridgehead atoms. The minimum absolute atomic E-state index is 0. The van der Waals surface area contributed by atoms with E-state index >= 15 is 0 Å². The Hall–Kier alpha value is -4.11. The van der Waals surface area contributed by atoms with Crippen LogP contribution in [0.4, 0.5) is 0 Å². The average molecular weight is 519 g/mol. The molecule has 6 rings (SSSR count). The maximum absolute atomic E-state index is 12.0. The highest BCUT2D eigenvalue weighted by molar-refractivity contribution is 7.86. The molecule has 0 radical (unpaired) electrons. The zero-order chi connectivity index (χ0) is 24.3. The number of para-hydroxylation sites is 1. The maximum atomic E-state index is 12.0. The van der Waals surface area contributed by atoms with Gasteiger partial charge in [0.05, 0.1) is 16.5 Å². The second-order valence-electron chi connectivity index (χ2n) is 8.26. The summed E-state index contributed by atoms with van der Waals surface area (Å²) in [5.74, 6) is 0.118. The van der Waals surface area contributed by atoms with Crippen LogP contribution in [-0.2, 0) is 10.1 Å². The first-order valence-electron chi connectivity index (χ1n) is 10.8. The quantitative estimate of drug-likeness (QED) is 0.204. The van der Waals surface area contributed by atoms with Gasteiger partial charge in [-0.25, -0.2) is 4.98 Å². The van der Waals surface area contributed by atoms with E-state index in [9.17, 15) is 23.2 Å². The lowest BCUT2D eigenvalue weighted by Crippen LogP contribution is -1.99. The van der Waals surface area contributed by atoms with Crippen LogP contribution in [0.15, 0.2) is 89.8 Å². The van der Waals surface area contributed by atoms with Crippen LogP contribution >= 0.6 is 12.4 Å². The highest BCUT2D eigenvalue weighted by Gasteiger charge is 2.22. The molecule has 0 fully saturated rings. The van der Waals surface area contributed by atoms with Crippen LogP contribution in [-0.4, -0.2) is 33.2 Å². The van der Waals surface area contributed by atoms with E-state index in [-0.39, 0.29) is 50.9 Å². The number of nitrogens with zero attached hydrogens (tertiary/aromatic N) is 1. The average Bonchev–Trinajstić information content (AvgIpc) is 3.27. The summed E-state index contributed by atoms with van der Waals surface area (Å²) < 4.78 is 33.9. The van der Waals surface area contributed by atoms with Crippen LogP contribution in [0.25, 0.3) is 55.1 Å². The van der Waals surface area contributed by atoms with Crippen molar-refractivity contribution in [1.29, 1.82) is 0 Å². The van der Waals surface area contributed by atoms with Gasteiger partial charge >= 0.3 is 0 Å². The number of phenols is 2. The molecule has 180 valence electrons. The van der Waals surface area contributed by atoms with Gasteiger partial charge in [0.1, 0.15) is 27.7 Å². The Morgan fingerprint density at radius 2 is 1.39 bits per heavy atom. The largest absolute Gasteiger partial charge is 0.507 e. The van der Waals surface area contributed by atoms with Crippen LogP contribution in [0.2, 0.25) is 0 Å². The fourth-order valence-electron chi connectivity index (χ4n) is 4.64. The third-order valence-electron chi connectivity index (χ3n) is 6.20. The van der Waals surface area contributed by atoms with Crippen molar-refractivity contribution in [3.63, 3.8) is 0 Å². The van der Waals surface area contributed by atoms with Crippen molar-refractivity contribution in [2.24, 2.45) is 0 Å². The molecule has 1 heterocycles. The number of fused-ring (bicyclic) bond motifs is 4. The van der Waals surface area contributed by atoms with Crippen molar-refractivity contribution < 1.29 is 23.2 Å². The number of imidazole rings is 1. The Morgan fingerprint density at radius 1 is 0.750 bits per heavy atom. The predicted octanol–water partition coefficient (Wildman–Crippen LogP) is 6.28. The van der Waals surface area contributed by atoms with Gasteiger partial charge < -0.3 is 15.2 Å². The SMILES string of the molecule is Cl.O=S(=O)(O)c1cc2[nH]c(-c3cccc(-c4cccc5ccccc45)c3O)nc2c2c(O)cccc12. The van der Waals surface area contributed by atoms with E-state index in [4.69, 9.17) is 0 Å². The smallest absolute Gasteiger partial charge is 0.295 e. The van der Waals surface area contributed by atoms with Crippen molar-refractivity contribution in [2.45, 2.75) is 4.90 Å². The summed E-state index contributed by atoms with van der Waals surface area (Å²) in [5.41, 5.74) is 2.48. The topological polar surface area (TPSA) is 124 Å². The van der Waals surface area contributed by atoms with Gasteiger partial charge in [0, 0.05) is 10.9 Å². The summed E-state index contributed by atoms with van der Waals surface area (Å²) in [7, 11) is -4.57. The van der Waals surface area contributed by atoms with Gasteiger partial charge in [-0.2, -0.15) is 8.42 Å². The summed E-state index contributed by atoms with van der Waals surface area (Å²) in [4.78, 5) is 7.30. The molecule has 7 nitrogen and oxygen atoms in total. The molecule has 0 spiro atoms. The van der Waals surface area contributed by atoms with Gasteiger partial charge in [-0.1, -0.05) is 66.7 Å². The number of hydrogen-bond donors (Lipinski definition) is 4. The number of aromatic amines is 1. The molecule has 5 aromatic carbocycles.